The molecular weight excluding hydrogens is 341 g/mol. The van der Waals surface area contributed by atoms with Crippen molar-refractivity contribution in [2.24, 2.45) is 0 Å². The summed E-state index contributed by atoms with van der Waals surface area (Å²) < 4.78 is 39.8. The lowest BCUT2D eigenvalue weighted by atomic mass is 9.98. The first kappa shape index (κ1) is 17.4. The van der Waals surface area contributed by atoms with E-state index in [4.69, 9.17) is 0 Å². The SMILES string of the molecule is O=C(CCc1ccc(F)cc1)NS(=O)(=O)C1=Cc2ccccc2CC1. The number of halogens is 1. The average molecular weight is 359 g/mol. The summed E-state index contributed by atoms with van der Waals surface area (Å²) in [6.45, 7) is 0. The third-order valence-corrected chi connectivity index (χ3v) is 5.67. The van der Waals surface area contributed by atoms with Crippen molar-refractivity contribution < 1.29 is 17.6 Å². The van der Waals surface area contributed by atoms with E-state index in [0.717, 1.165) is 16.7 Å². The fourth-order valence-electron chi connectivity index (χ4n) is 2.79. The molecular formula is C19H18FNO3S. The number of sulfonamides is 1. The highest BCUT2D eigenvalue weighted by Gasteiger charge is 2.23. The Morgan fingerprint density at radius 2 is 1.76 bits per heavy atom. The van der Waals surface area contributed by atoms with E-state index in [1.54, 1.807) is 18.2 Å². The van der Waals surface area contributed by atoms with Crippen LogP contribution in [-0.4, -0.2) is 14.3 Å². The van der Waals surface area contributed by atoms with Crippen LogP contribution in [0.1, 0.15) is 29.5 Å². The number of amides is 1. The first-order valence-electron chi connectivity index (χ1n) is 8.02. The van der Waals surface area contributed by atoms with Crippen molar-refractivity contribution in [3.63, 3.8) is 0 Å². The lowest BCUT2D eigenvalue weighted by Gasteiger charge is -2.17. The quantitative estimate of drug-likeness (QED) is 0.892. The second-order valence-corrected chi connectivity index (χ2v) is 7.70. The molecule has 0 saturated heterocycles. The number of hydrogen-bond acceptors (Lipinski definition) is 3. The van der Waals surface area contributed by atoms with Gasteiger partial charge in [-0.3, -0.25) is 4.79 Å². The molecule has 0 saturated carbocycles. The Labute approximate surface area is 146 Å². The van der Waals surface area contributed by atoms with Crippen molar-refractivity contribution in [1.82, 2.24) is 4.72 Å². The number of nitrogens with one attached hydrogen (secondary N) is 1. The van der Waals surface area contributed by atoms with Crippen LogP contribution in [0.2, 0.25) is 0 Å². The maximum absolute atomic E-state index is 12.9. The largest absolute Gasteiger partial charge is 0.274 e. The summed E-state index contributed by atoms with van der Waals surface area (Å²) in [6.07, 6.45) is 3.00. The molecule has 1 aliphatic carbocycles. The average Bonchev–Trinajstić information content (AvgIpc) is 2.60. The number of rotatable bonds is 5. The van der Waals surface area contributed by atoms with E-state index < -0.39 is 15.9 Å². The molecule has 1 amide bonds. The molecule has 0 atom stereocenters. The molecule has 0 heterocycles. The molecule has 6 heteroatoms. The van der Waals surface area contributed by atoms with Crippen molar-refractivity contribution in [1.29, 1.82) is 0 Å². The van der Waals surface area contributed by atoms with Crippen LogP contribution < -0.4 is 4.72 Å². The van der Waals surface area contributed by atoms with Gasteiger partial charge in [-0.15, -0.1) is 0 Å². The Bertz CT molecular complexity index is 918. The molecule has 4 nitrogen and oxygen atoms in total. The standard InChI is InChI=1S/C19H18FNO3S/c20-17-9-5-14(6-10-17)7-12-19(22)21-25(23,24)18-11-8-15-3-1-2-4-16(15)13-18/h1-6,9-10,13H,7-8,11-12H2,(H,21,22). The summed E-state index contributed by atoms with van der Waals surface area (Å²) in [5, 5.41) is 0. The first-order chi connectivity index (χ1) is 11.9. The second-order valence-electron chi connectivity index (χ2n) is 5.96. The third-order valence-electron chi connectivity index (χ3n) is 4.16. The van der Waals surface area contributed by atoms with Gasteiger partial charge in [-0.2, -0.15) is 0 Å². The lowest BCUT2D eigenvalue weighted by Crippen LogP contribution is -2.32. The fourth-order valence-corrected chi connectivity index (χ4v) is 3.98. The topological polar surface area (TPSA) is 63.2 Å². The molecule has 0 unspecified atom stereocenters. The van der Waals surface area contributed by atoms with Gasteiger partial charge in [0.25, 0.3) is 10.0 Å². The van der Waals surface area contributed by atoms with Crippen LogP contribution in [-0.2, 0) is 27.7 Å². The summed E-state index contributed by atoms with van der Waals surface area (Å²) in [5.41, 5.74) is 2.75. The number of carbonyl (C=O) groups excluding carboxylic acids is 1. The first-order valence-corrected chi connectivity index (χ1v) is 9.51. The Morgan fingerprint density at radius 1 is 1.04 bits per heavy atom. The van der Waals surface area contributed by atoms with Gasteiger partial charge in [0.15, 0.2) is 0 Å². The molecule has 1 aliphatic rings. The van der Waals surface area contributed by atoms with Gasteiger partial charge in [0.05, 0.1) is 4.91 Å². The molecule has 3 rings (SSSR count). The molecule has 0 aliphatic heterocycles. The van der Waals surface area contributed by atoms with Gasteiger partial charge in [-0.1, -0.05) is 36.4 Å². The molecule has 0 spiro atoms. The van der Waals surface area contributed by atoms with Crippen molar-refractivity contribution in [3.8, 4) is 0 Å². The van der Waals surface area contributed by atoms with Gasteiger partial charge in [-0.25, -0.2) is 17.5 Å². The minimum atomic E-state index is -3.83. The number of carbonyl (C=O) groups is 1. The predicted molar refractivity (Wildman–Crippen MR) is 94.5 cm³/mol. The van der Waals surface area contributed by atoms with Gasteiger partial charge in [-0.05, 0) is 54.2 Å². The zero-order valence-corrected chi connectivity index (χ0v) is 14.4. The molecule has 2 aromatic rings. The lowest BCUT2D eigenvalue weighted by molar-refractivity contribution is -0.119. The Hall–Kier alpha value is -2.47. The van der Waals surface area contributed by atoms with Crippen LogP contribution in [0.4, 0.5) is 4.39 Å². The van der Waals surface area contributed by atoms with Crippen LogP contribution in [0.25, 0.3) is 6.08 Å². The van der Waals surface area contributed by atoms with E-state index in [2.05, 4.69) is 4.72 Å². The van der Waals surface area contributed by atoms with Crippen molar-refractivity contribution in [2.45, 2.75) is 25.7 Å². The van der Waals surface area contributed by atoms with Gasteiger partial charge in [0.2, 0.25) is 5.91 Å². The number of aryl methyl sites for hydroxylation is 2. The third kappa shape index (κ3) is 4.33. The van der Waals surface area contributed by atoms with E-state index in [1.165, 1.54) is 12.1 Å². The monoisotopic (exact) mass is 359 g/mol. The van der Waals surface area contributed by atoms with Crippen LogP contribution in [0, 0.1) is 5.82 Å². The highest BCUT2D eigenvalue weighted by Crippen LogP contribution is 2.26. The summed E-state index contributed by atoms with van der Waals surface area (Å²) in [6, 6.07) is 13.4. The van der Waals surface area contributed by atoms with Crippen LogP contribution >= 0.6 is 0 Å². The summed E-state index contributed by atoms with van der Waals surface area (Å²) in [5.74, 6) is -0.913. The number of benzene rings is 2. The number of allylic oxidation sites excluding steroid dienone is 1. The zero-order valence-electron chi connectivity index (χ0n) is 13.5. The van der Waals surface area contributed by atoms with Gasteiger partial charge in [0, 0.05) is 6.42 Å². The maximum Gasteiger partial charge on any atom is 0.260 e. The summed E-state index contributed by atoms with van der Waals surface area (Å²) in [7, 11) is -3.83. The Kier molecular flexibility index (Phi) is 4.99. The van der Waals surface area contributed by atoms with Crippen LogP contribution in [0.3, 0.4) is 0 Å². The Morgan fingerprint density at radius 3 is 2.52 bits per heavy atom. The highest BCUT2D eigenvalue weighted by molar-refractivity contribution is 7.94. The van der Waals surface area contributed by atoms with E-state index >= 15 is 0 Å². The zero-order chi connectivity index (χ0) is 17.9. The fraction of sp³-hybridized carbons (Fsp3) is 0.211. The highest BCUT2D eigenvalue weighted by atomic mass is 32.2. The van der Waals surface area contributed by atoms with E-state index in [-0.39, 0.29) is 17.1 Å². The molecule has 0 aromatic heterocycles. The molecule has 2 aromatic carbocycles. The maximum atomic E-state index is 12.9. The minimum Gasteiger partial charge on any atom is -0.274 e. The van der Waals surface area contributed by atoms with Crippen molar-refractivity contribution >= 4 is 22.0 Å². The molecule has 0 radical (unpaired) electrons. The van der Waals surface area contributed by atoms with Gasteiger partial charge < -0.3 is 0 Å². The molecule has 0 fully saturated rings. The van der Waals surface area contributed by atoms with Gasteiger partial charge in [0.1, 0.15) is 5.82 Å². The smallest absolute Gasteiger partial charge is 0.260 e. The minimum absolute atomic E-state index is 0.0225. The van der Waals surface area contributed by atoms with Crippen LogP contribution in [0.15, 0.2) is 53.4 Å². The van der Waals surface area contributed by atoms with E-state index in [1.807, 2.05) is 24.3 Å². The van der Waals surface area contributed by atoms with Crippen LogP contribution in [0.5, 0.6) is 0 Å². The summed E-state index contributed by atoms with van der Waals surface area (Å²) >= 11 is 0. The van der Waals surface area contributed by atoms with E-state index in [0.29, 0.717) is 19.3 Å². The Balaban J connectivity index is 1.64. The van der Waals surface area contributed by atoms with Gasteiger partial charge >= 0.3 is 0 Å². The van der Waals surface area contributed by atoms with Crippen molar-refractivity contribution in [3.05, 3.63) is 75.9 Å². The normalized spacial score (nSPS) is 13.7. The summed E-state index contributed by atoms with van der Waals surface area (Å²) in [4.78, 5) is 12.2. The molecule has 0 bridgehead atoms. The molecule has 130 valence electrons. The number of hydrogen-bond donors (Lipinski definition) is 1. The second kappa shape index (κ2) is 7.19. The molecule has 1 N–H and O–H groups in total. The number of fused-ring (bicyclic) bond motifs is 1. The van der Waals surface area contributed by atoms with Crippen molar-refractivity contribution in [2.75, 3.05) is 0 Å². The predicted octanol–water partition coefficient (Wildman–Crippen LogP) is 3.19. The molecule has 25 heavy (non-hydrogen) atoms. The van der Waals surface area contributed by atoms with E-state index in [9.17, 15) is 17.6 Å².